The predicted molar refractivity (Wildman–Crippen MR) is 89.5 cm³/mol. The van der Waals surface area contributed by atoms with E-state index >= 15 is 0 Å². The fourth-order valence-corrected chi connectivity index (χ4v) is 2.02. The Bertz CT molecular complexity index is 494. The standard InChI is InChI=1S/C16H24N2O3.ClH/c1-12-6-4-5-7-14(12)8-10-17-16(21)13(2)18(3)11-9-15(19)20;/h4-7,13H,8-11H2,1-3H3,(H,17,21)(H,19,20);1H. The maximum absolute atomic E-state index is 12.0. The predicted octanol–water partition coefficient (Wildman–Crippen LogP) is 1.87. The number of aryl methyl sites for hydroxylation is 1. The van der Waals surface area contributed by atoms with Crippen LogP contribution in [0.15, 0.2) is 24.3 Å². The van der Waals surface area contributed by atoms with Crippen LogP contribution in [0.5, 0.6) is 0 Å². The molecule has 1 unspecified atom stereocenters. The molecule has 0 saturated carbocycles. The Hall–Kier alpha value is -1.59. The zero-order chi connectivity index (χ0) is 15.8. The summed E-state index contributed by atoms with van der Waals surface area (Å²) in [5, 5.41) is 11.5. The summed E-state index contributed by atoms with van der Waals surface area (Å²) in [6.45, 7) is 4.78. The summed E-state index contributed by atoms with van der Waals surface area (Å²) < 4.78 is 0. The molecule has 0 fully saturated rings. The number of amides is 1. The SMILES string of the molecule is Cc1ccccc1CCNC(=O)C(C)N(C)CCC(=O)O.Cl. The Labute approximate surface area is 138 Å². The number of rotatable bonds is 8. The van der Waals surface area contributed by atoms with Gasteiger partial charge in [-0.2, -0.15) is 0 Å². The Kier molecular flexibility index (Phi) is 9.45. The molecule has 124 valence electrons. The molecule has 2 N–H and O–H groups in total. The summed E-state index contributed by atoms with van der Waals surface area (Å²) in [4.78, 5) is 24.3. The van der Waals surface area contributed by atoms with E-state index in [0.717, 1.165) is 6.42 Å². The Balaban J connectivity index is 0.00000441. The molecule has 0 aliphatic carbocycles. The average Bonchev–Trinajstić information content (AvgIpc) is 2.45. The summed E-state index contributed by atoms with van der Waals surface area (Å²) in [5.74, 6) is -0.925. The van der Waals surface area contributed by atoms with Gasteiger partial charge in [-0.3, -0.25) is 14.5 Å². The molecule has 1 aromatic carbocycles. The first-order valence-electron chi connectivity index (χ1n) is 7.16. The number of carboxylic acids is 1. The van der Waals surface area contributed by atoms with Crippen LogP contribution in [0.3, 0.4) is 0 Å². The van der Waals surface area contributed by atoms with E-state index in [4.69, 9.17) is 5.11 Å². The maximum Gasteiger partial charge on any atom is 0.304 e. The van der Waals surface area contributed by atoms with E-state index in [1.165, 1.54) is 11.1 Å². The zero-order valence-corrected chi connectivity index (χ0v) is 14.2. The number of carboxylic acid groups (broad SMARTS) is 1. The zero-order valence-electron chi connectivity index (χ0n) is 13.3. The molecular weight excluding hydrogens is 304 g/mol. The van der Waals surface area contributed by atoms with Crippen LogP contribution in [0.25, 0.3) is 0 Å². The van der Waals surface area contributed by atoms with E-state index < -0.39 is 5.97 Å². The van der Waals surface area contributed by atoms with E-state index in [2.05, 4.69) is 24.4 Å². The van der Waals surface area contributed by atoms with Gasteiger partial charge in [0.2, 0.25) is 5.91 Å². The lowest BCUT2D eigenvalue weighted by Crippen LogP contribution is -2.44. The molecule has 0 saturated heterocycles. The molecule has 0 aliphatic heterocycles. The van der Waals surface area contributed by atoms with Crippen molar-refractivity contribution in [3.8, 4) is 0 Å². The highest BCUT2D eigenvalue weighted by Gasteiger charge is 2.17. The lowest BCUT2D eigenvalue weighted by atomic mass is 10.1. The van der Waals surface area contributed by atoms with Gasteiger partial charge in [0.05, 0.1) is 12.5 Å². The van der Waals surface area contributed by atoms with Gasteiger partial charge in [-0.05, 0) is 38.4 Å². The molecule has 0 bridgehead atoms. The van der Waals surface area contributed by atoms with E-state index in [1.807, 2.05) is 12.1 Å². The second-order valence-electron chi connectivity index (χ2n) is 5.27. The van der Waals surface area contributed by atoms with Gasteiger partial charge in [-0.15, -0.1) is 12.4 Å². The highest BCUT2D eigenvalue weighted by atomic mass is 35.5. The number of carbonyl (C=O) groups excluding carboxylic acids is 1. The van der Waals surface area contributed by atoms with Crippen LogP contribution >= 0.6 is 12.4 Å². The van der Waals surface area contributed by atoms with E-state index in [0.29, 0.717) is 13.1 Å². The quantitative estimate of drug-likeness (QED) is 0.764. The number of aliphatic carboxylic acids is 1. The van der Waals surface area contributed by atoms with Crippen molar-refractivity contribution in [1.29, 1.82) is 0 Å². The highest BCUT2D eigenvalue weighted by Crippen LogP contribution is 2.07. The van der Waals surface area contributed by atoms with Crippen LogP contribution in [0.4, 0.5) is 0 Å². The normalized spacial score (nSPS) is 11.6. The third-order valence-corrected chi connectivity index (χ3v) is 3.67. The summed E-state index contributed by atoms with van der Waals surface area (Å²) in [6.07, 6.45) is 0.835. The molecular formula is C16H25ClN2O3. The molecule has 6 heteroatoms. The van der Waals surface area contributed by atoms with Crippen LogP contribution in [-0.4, -0.2) is 48.1 Å². The molecule has 22 heavy (non-hydrogen) atoms. The molecule has 1 amide bonds. The Morgan fingerprint density at radius 1 is 1.32 bits per heavy atom. The third kappa shape index (κ3) is 6.91. The molecule has 1 atom stereocenters. The summed E-state index contributed by atoms with van der Waals surface area (Å²) >= 11 is 0. The topological polar surface area (TPSA) is 69.6 Å². The van der Waals surface area contributed by atoms with Crippen LogP contribution in [0.2, 0.25) is 0 Å². The van der Waals surface area contributed by atoms with Crippen LogP contribution < -0.4 is 5.32 Å². The van der Waals surface area contributed by atoms with Crippen LogP contribution in [-0.2, 0) is 16.0 Å². The van der Waals surface area contributed by atoms with Crippen molar-refractivity contribution in [2.75, 3.05) is 20.1 Å². The molecule has 5 nitrogen and oxygen atoms in total. The smallest absolute Gasteiger partial charge is 0.304 e. The van der Waals surface area contributed by atoms with Crippen molar-refractivity contribution in [1.82, 2.24) is 10.2 Å². The molecule has 1 aromatic rings. The maximum atomic E-state index is 12.0. The molecule has 0 radical (unpaired) electrons. The van der Waals surface area contributed by atoms with Gasteiger partial charge in [-0.25, -0.2) is 0 Å². The van der Waals surface area contributed by atoms with E-state index in [-0.39, 0.29) is 30.8 Å². The average molecular weight is 329 g/mol. The van der Waals surface area contributed by atoms with Gasteiger partial charge in [0.25, 0.3) is 0 Å². The number of hydrogen-bond acceptors (Lipinski definition) is 3. The second-order valence-corrected chi connectivity index (χ2v) is 5.27. The second kappa shape index (κ2) is 10.2. The van der Waals surface area contributed by atoms with Crippen molar-refractivity contribution in [3.05, 3.63) is 35.4 Å². The van der Waals surface area contributed by atoms with E-state index in [1.54, 1.807) is 18.9 Å². The number of nitrogens with one attached hydrogen (secondary N) is 1. The Morgan fingerprint density at radius 2 is 1.95 bits per heavy atom. The van der Waals surface area contributed by atoms with Crippen LogP contribution in [0, 0.1) is 6.92 Å². The Morgan fingerprint density at radius 3 is 2.55 bits per heavy atom. The lowest BCUT2D eigenvalue weighted by molar-refractivity contribution is -0.138. The highest BCUT2D eigenvalue weighted by molar-refractivity contribution is 5.85. The molecule has 0 aliphatic rings. The first kappa shape index (κ1) is 20.4. The van der Waals surface area contributed by atoms with Gasteiger partial charge in [0.1, 0.15) is 0 Å². The number of hydrogen-bond donors (Lipinski definition) is 2. The van der Waals surface area contributed by atoms with Crippen molar-refractivity contribution >= 4 is 24.3 Å². The van der Waals surface area contributed by atoms with Gasteiger partial charge < -0.3 is 10.4 Å². The lowest BCUT2D eigenvalue weighted by Gasteiger charge is -2.23. The van der Waals surface area contributed by atoms with Crippen molar-refractivity contribution < 1.29 is 14.7 Å². The number of benzene rings is 1. The first-order chi connectivity index (χ1) is 9.91. The summed E-state index contributed by atoms with van der Waals surface area (Å²) in [7, 11) is 1.76. The number of halogens is 1. The molecule has 1 rings (SSSR count). The summed E-state index contributed by atoms with van der Waals surface area (Å²) in [5.41, 5.74) is 2.45. The molecule has 0 heterocycles. The van der Waals surface area contributed by atoms with Gasteiger partial charge in [0, 0.05) is 13.1 Å². The minimum absolute atomic E-state index is 0. The minimum atomic E-state index is -0.853. The van der Waals surface area contributed by atoms with Crippen molar-refractivity contribution in [3.63, 3.8) is 0 Å². The number of nitrogens with zero attached hydrogens (tertiary/aromatic N) is 1. The van der Waals surface area contributed by atoms with Gasteiger partial charge in [-0.1, -0.05) is 24.3 Å². The number of carbonyl (C=O) groups is 2. The van der Waals surface area contributed by atoms with Crippen LogP contribution in [0.1, 0.15) is 24.5 Å². The fourth-order valence-electron chi connectivity index (χ4n) is 2.02. The summed E-state index contributed by atoms with van der Waals surface area (Å²) in [6, 6.07) is 7.77. The number of likely N-dealkylation sites (N-methyl/N-ethyl adjacent to an activating group) is 1. The van der Waals surface area contributed by atoms with Gasteiger partial charge >= 0.3 is 5.97 Å². The first-order valence-corrected chi connectivity index (χ1v) is 7.16. The molecule has 0 spiro atoms. The molecule has 0 aromatic heterocycles. The largest absolute Gasteiger partial charge is 0.481 e. The van der Waals surface area contributed by atoms with Crippen molar-refractivity contribution in [2.24, 2.45) is 0 Å². The monoisotopic (exact) mass is 328 g/mol. The van der Waals surface area contributed by atoms with E-state index in [9.17, 15) is 9.59 Å². The van der Waals surface area contributed by atoms with Crippen molar-refractivity contribution in [2.45, 2.75) is 32.7 Å². The third-order valence-electron chi connectivity index (χ3n) is 3.67. The fraction of sp³-hybridized carbons (Fsp3) is 0.500. The minimum Gasteiger partial charge on any atom is -0.481 e. The van der Waals surface area contributed by atoms with Gasteiger partial charge in [0.15, 0.2) is 0 Å².